The molecule has 2 rings (SSSR count). The molecule has 1 fully saturated rings. The van der Waals surface area contributed by atoms with Crippen LogP contribution in [0.4, 0.5) is 0 Å². The Morgan fingerprint density at radius 1 is 1.19 bits per heavy atom. The molecular weight excluding hydrogens is 376 g/mol. The van der Waals surface area contributed by atoms with Gasteiger partial charge in [0.1, 0.15) is 6.04 Å². The number of amides is 2. The normalized spacial score (nSPS) is 21.7. The fraction of sp³-hybridized carbons (Fsp3) is 0.619. The van der Waals surface area contributed by atoms with E-state index in [-0.39, 0.29) is 17.1 Å². The van der Waals surface area contributed by atoms with E-state index in [2.05, 4.69) is 37.1 Å². The van der Waals surface area contributed by atoms with Crippen LogP contribution in [0.15, 0.2) is 30.3 Å². The monoisotopic (exact) mass is 408 g/mol. The van der Waals surface area contributed by atoms with Crippen molar-refractivity contribution in [3.8, 4) is 0 Å². The van der Waals surface area contributed by atoms with Crippen LogP contribution in [-0.4, -0.2) is 40.7 Å². The van der Waals surface area contributed by atoms with Gasteiger partial charge in [0.2, 0.25) is 11.8 Å². The molecule has 0 spiro atoms. The van der Waals surface area contributed by atoms with E-state index in [4.69, 9.17) is 0 Å². The first-order chi connectivity index (χ1) is 12.9. The van der Waals surface area contributed by atoms with Gasteiger partial charge in [-0.25, -0.2) is 0 Å². The molecule has 0 saturated heterocycles. The van der Waals surface area contributed by atoms with Crippen molar-refractivity contribution in [2.45, 2.75) is 67.7 Å². The van der Waals surface area contributed by atoms with Gasteiger partial charge >= 0.3 is 0 Å². The minimum atomic E-state index is -0.560. The summed E-state index contributed by atoms with van der Waals surface area (Å²) in [5, 5.41) is 6.31. The average Bonchev–Trinajstić information content (AvgIpc) is 3.05. The van der Waals surface area contributed by atoms with Crippen molar-refractivity contribution in [2.75, 3.05) is 7.05 Å². The predicted octanol–water partition coefficient (Wildman–Crippen LogP) is 3.46. The molecule has 1 saturated carbocycles. The van der Waals surface area contributed by atoms with Gasteiger partial charge in [-0.3, -0.25) is 9.59 Å². The molecule has 4 nitrogen and oxygen atoms in total. The Hall–Kier alpha value is -1.14. The molecule has 1 aromatic carbocycles. The molecule has 1 aliphatic carbocycles. The number of nitrogens with one attached hydrogen (secondary N) is 2. The maximum atomic E-state index is 13.1. The van der Waals surface area contributed by atoms with Crippen LogP contribution in [0.3, 0.4) is 0 Å². The Morgan fingerprint density at radius 3 is 2.44 bits per heavy atom. The number of thiol groups is 1. The van der Waals surface area contributed by atoms with Crippen LogP contribution in [0.2, 0.25) is 0 Å². The molecule has 1 aromatic rings. The molecule has 6 heteroatoms. The zero-order valence-electron chi connectivity index (χ0n) is 16.5. The average molecular weight is 409 g/mol. The minimum absolute atomic E-state index is 0.0364. The van der Waals surface area contributed by atoms with Gasteiger partial charge in [0, 0.05) is 24.0 Å². The van der Waals surface area contributed by atoms with E-state index >= 15 is 0 Å². The van der Waals surface area contributed by atoms with Gasteiger partial charge in [-0.15, -0.1) is 11.8 Å². The SMILES string of the molecule is CNC(=O)[C@H](Cc1ccccc1)NC(=O)[C@@H](CC(C)C)S[C@H]1CCC[C@H]1S. The van der Waals surface area contributed by atoms with Crippen LogP contribution in [0.5, 0.6) is 0 Å². The van der Waals surface area contributed by atoms with Crippen molar-refractivity contribution in [3.63, 3.8) is 0 Å². The largest absolute Gasteiger partial charge is 0.357 e. The summed E-state index contributed by atoms with van der Waals surface area (Å²) in [6.07, 6.45) is 4.70. The smallest absolute Gasteiger partial charge is 0.242 e. The first-order valence-electron chi connectivity index (χ1n) is 9.80. The van der Waals surface area contributed by atoms with Gasteiger partial charge in [0.05, 0.1) is 5.25 Å². The number of carbonyl (C=O) groups excluding carboxylic acids is 2. The molecule has 0 aliphatic heterocycles. The molecule has 150 valence electrons. The van der Waals surface area contributed by atoms with E-state index in [1.807, 2.05) is 30.3 Å². The third kappa shape index (κ3) is 7.07. The Bertz CT molecular complexity index is 609. The summed E-state index contributed by atoms with van der Waals surface area (Å²) in [5.74, 6) is 0.222. The van der Waals surface area contributed by atoms with E-state index < -0.39 is 6.04 Å². The quantitative estimate of drug-likeness (QED) is 0.549. The van der Waals surface area contributed by atoms with Crippen molar-refractivity contribution in [3.05, 3.63) is 35.9 Å². The van der Waals surface area contributed by atoms with Crippen LogP contribution in [0.1, 0.15) is 45.1 Å². The molecule has 0 unspecified atom stereocenters. The van der Waals surface area contributed by atoms with Crippen molar-refractivity contribution in [1.82, 2.24) is 10.6 Å². The van der Waals surface area contributed by atoms with Crippen LogP contribution < -0.4 is 10.6 Å². The second-order valence-electron chi connectivity index (χ2n) is 7.66. The van der Waals surface area contributed by atoms with E-state index in [9.17, 15) is 9.59 Å². The summed E-state index contributed by atoms with van der Waals surface area (Å²) >= 11 is 6.43. The Balaban J connectivity index is 2.07. The summed E-state index contributed by atoms with van der Waals surface area (Å²) in [7, 11) is 1.61. The maximum absolute atomic E-state index is 13.1. The van der Waals surface area contributed by atoms with Gasteiger partial charge in [-0.2, -0.15) is 12.6 Å². The topological polar surface area (TPSA) is 58.2 Å². The molecule has 0 heterocycles. The van der Waals surface area contributed by atoms with Gasteiger partial charge in [0.15, 0.2) is 0 Å². The second kappa shape index (κ2) is 11.0. The summed E-state index contributed by atoms with van der Waals surface area (Å²) < 4.78 is 0. The predicted molar refractivity (Wildman–Crippen MR) is 117 cm³/mol. The highest BCUT2D eigenvalue weighted by Gasteiger charge is 2.32. The summed E-state index contributed by atoms with van der Waals surface area (Å²) in [5.41, 5.74) is 1.03. The number of likely N-dealkylation sites (N-methyl/N-ethyl adjacent to an activating group) is 1. The summed E-state index contributed by atoms with van der Waals surface area (Å²) in [6, 6.07) is 9.24. The molecule has 1 aliphatic rings. The van der Waals surface area contributed by atoms with Crippen LogP contribution >= 0.6 is 24.4 Å². The maximum Gasteiger partial charge on any atom is 0.242 e. The fourth-order valence-electron chi connectivity index (χ4n) is 3.43. The number of carbonyl (C=O) groups is 2. The highest BCUT2D eigenvalue weighted by molar-refractivity contribution is 8.02. The first kappa shape index (κ1) is 22.2. The molecule has 27 heavy (non-hydrogen) atoms. The summed E-state index contributed by atoms with van der Waals surface area (Å²) in [4.78, 5) is 25.4. The molecule has 0 bridgehead atoms. The number of thioether (sulfide) groups is 1. The molecule has 4 atom stereocenters. The third-order valence-electron chi connectivity index (χ3n) is 4.90. The zero-order chi connectivity index (χ0) is 19.8. The van der Waals surface area contributed by atoms with Crippen LogP contribution in [0.25, 0.3) is 0 Å². The van der Waals surface area contributed by atoms with E-state index in [1.54, 1.807) is 18.8 Å². The highest BCUT2D eigenvalue weighted by Crippen LogP contribution is 2.37. The van der Waals surface area contributed by atoms with Crippen molar-refractivity contribution in [1.29, 1.82) is 0 Å². The Kier molecular flexibility index (Phi) is 9.03. The number of hydrogen-bond acceptors (Lipinski definition) is 4. The highest BCUT2D eigenvalue weighted by atomic mass is 32.2. The first-order valence-corrected chi connectivity index (χ1v) is 11.3. The standard InChI is InChI=1S/C21H32N2O2S2/c1-14(2)12-19(27-18-11-7-10-17(18)26)21(25)23-16(20(24)22-3)13-15-8-5-4-6-9-15/h4-6,8-9,14,16-19,26H,7,10-13H2,1-3H3,(H,22,24)(H,23,25)/t16-,17+,18-,19+/m0/s1. The molecular formula is C21H32N2O2S2. The van der Waals surface area contributed by atoms with E-state index in [1.165, 1.54) is 6.42 Å². The van der Waals surface area contributed by atoms with Crippen molar-refractivity contribution < 1.29 is 9.59 Å². The van der Waals surface area contributed by atoms with Gasteiger partial charge < -0.3 is 10.6 Å². The second-order valence-corrected chi connectivity index (χ2v) is 9.77. The molecule has 2 N–H and O–H groups in total. The minimum Gasteiger partial charge on any atom is -0.357 e. The lowest BCUT2D eigenvalue weighted by Crippen LogP contribution is -2.50. The Labute approximate surface area is 173 Å². The van der Waals surface area contributed by atoms with Gasteiger partial charge in [-0.1, -0.05) is 50.6 Å². The van der Waals surface area contributed by atoms with Gasteiger partial charge in [0.25, 0.3) is 0 Å². The lowest BCUT2D eigenvalue weighted by Gasteiger charge is -2.26. The number of rotatable bonds is 9. The number of benzene rings is 1. The lowest BCUT2D eigenvalue weighted by molar-refractivity contribution is -0.128. The summed E-state index contributed by atoms with van der Waals surface area (Å²) in [6.45, 7) is 4.27. The zero-order valence-corrected chi connectivity index (χ0v) is 18.2. The van der Waals surface area contributed by atoms with Crippen molar-refractivity contribution >= 4 is 36.2 Å². The lowest BCUT2D eigenvalue weighted by atomic mass is 10.0. The van der Waals surface area contributed by atoms with Gasteiger partial charge in [-0.05, 0) is 30.7 Å². The van der Waals surface area contributed by atoms with E-state index in [0.717, 1.165) is 24.8 Å². The number of hydrogen-bond donors (Lipinski definition) is 3. The fourth-order valence-corrected chi connectivity index (χ4v) is 5.70. The van der Waals surface area contributed by atoms with Crippen LogP contribution in [0, 0.1) is 5.92 Å². The van der Waals surface area contributed by atoms with E-state index in [0.29, 0.717) is 22.8 Å². The van der Waals surface area contributed by atoms with Crippen molar-refractivity contribution in [2.24, 2.45) is 5.92 Å². The molecule has 2 amide bonds. The molecule has 0 radical (unpaired) electrons. The third-order valence-corrected chi connectivity index (χ3v) is 7.37. The van der Waals surface area contributed by atoms with Crippen LogP contribution in [-0.2, 0) is 16.0 Å². The molecule has 0 aromatic heterocycles. The Morgan fingerprint density at radius 2 is 1.89 bits per heavy atom.